The predicted octanol–water partition coefficient (Wildman–Crippen LogP) is 2.19. The number of sulfonamides is 1. The lowest BCUT2D eigenvalue weighted by Crippen LogP contribution is -2.48. The van der Waals surface area contributed by atoms with Crippen molar-refractivity contribution in [3.8, 4) is 5.75 Å². The van der Waals surface area contributed by atoms with E-state index in [1.807, 2.05) is 30.0 Å². The lowest BCUT2D eigenvalue weighted by atomic mass is 9.94. The molecule has 0 unspecified atom stereocenters. The van der Waals surface area contributed by atoms with Crippen LogP contribution in [0.15, 0.2) is 58.3 Å². The number of rotatable bonds is 5. The van der Waals surface area contributed by atoms with Gasteiger partial charge >= 0.3 is 0 Å². The van der Waals surface area contributed by atoms with Gasteiger partial charge in [0.2, 0.25) is 16.0 Å². The number of nitrogens with zero attached hydrogens (tertiary/aromatic N) is 5. The van der Waals surface area contributed by atoms with Gasteiger partial charge in [-0.2, -0.15) is 4.31 Å². The lowest BCUT2D eigenvalue weighted by molar-refractivity contribution is 0.269. The van der Waals surface area contributed by atoms with Gasteiger partial charge in [-0.1, -0.05) is 20.8 Å². The van der Waals surface area contributed by atoms with Crippen LogP contribution in [0, 0.1) is 5.41 Å². The molecule has 1 saturated heterocycles. The van der Waals surface area contributed by atoms with Gasteiger partial charge in [0.15, 0.2) is 0 Å². The Morgan fingerprint density at radius 3 is 2.36 bits per heavy atom. The SMILES string of the molecule is COc1cc(N2CCN(S(C)(=O)=O)CC2)ccc1N1C(N)=NC=C2C=C(C)N(CC(C)(C)C)C(N)=C21. The number of allylic oxidation sites excluding steroid dienone is 2. The molecule has 1 fully saturated rings. The number of fused-ring (bicyclic) bond motifs is 1. The Hall–Kier alpha value is -3.18. The average Bonchev–Trinajstić information content (AvgIpc) is 2.81. The van der Waals surface area contributed by atoms with Crippen LogP contribution in [0.1, 0.15) is 27.7 Å². The molecule has 0 bridgehead atoms. The summed E-state index contributed by atoms with van der Waals surface area (Å²) in [7, 11) is -1.57. The van der Waals surface area contributed by atoms with Crippen molar-refractivity contribution < 1.29 is 13.2 Å². The molecule has 0 aromatic heterocycles. The molecule has 1 aromatic rings. The molecule has 11 heteroatoms. The fourth-order valence-corrected chi connectivity index (χ4v) is 5.57. The van der Waals surface area contributed by atoms with Crippen LogP contribution in [0.25, 0.3) is 0 Å². The Morgan fingerprint density at radius 1 is 1.11 bits per heavy atom. The molecule has 36 heavy (non-hydrogen) atoms. The fourth-order valence-electron chi connectivity index (χ4n) is 4.74. The highest BCUT2D eigenvalue weighted by atomic mass is 32.2. The van der Waals surface area contributed by atoms with Gasteiger partial charge in [-0.25, -0.2) is 13.4 Å². The number of hydrogen-bond donors (Lipinski definition) is 2. The minimum absolute atomic E-state index is 0.0289. The van der Waals surface area contributed by atoms with Crippen molar-refractivity contribution in [1.29, 1.82) is 0 Å². The number of ether oxygens (including phenoxy) is 1. The first-order chi connectivity index (χ1) is 16.8. The Morgan fingerprint density at radius 2 is 1.78 bits per heavy atom. The van der Waals surface area contributed by atoms with E-state index in [4.69, 9.17) is 16.2 Å². The minimum Gasteiger partial charge on any atom is -0.494 e. The summed E-state index contributed by atoms with van der Waals surface area (Å²) in [6.45, 7) is 11.4. The Kier molecular flexibility index (Phi) is 6.74. The molecule has 4 rings (SSSR count). The first-order valence-electron chi connectivity index (χ1n) is 12.0. The van der Waals surface area contributed by atoms with E-state index < -0.39 is 10.0 Å². The van der Waals surface area contributed by atoms with Gasteiger partial charge in [-0.15, -0.1) is 0 Å². The summed E-state index contributed by atoms with van der Waals surface area (Å²) in [6.07, 6.45) is 5.06. The van der Waals surface area contributed by atoms with Crippen molar-refractivity contribution in [3.63, 3.8) is 0 Å². The second-order valence-electron chi connectivity index (χ2n) is 10.6. The van der Waals surface area contributed by atoms with Crippen LogP contribution in [0.2, 0.25) is 0 Å². The van der Waals surface area contributed by atoms with Gasteiger partial charge in [0.25, 0.3) is 0 Å². The van der Waals surface area contributed by atoms with Crippen LogP contribution in [-0.4, -0.2) is 69.7 Å². The van der Waals surface area contributed by atoms with Gasteiger partial charge in [-0.05, 0) is 30.5 Å². The number of aliphatic imine (C=N–C) groups is 1. The molecule has 3 heterocycles. The van der Waals surface area contributed by atoms with E-state index in [0.717, 1.165) is 34.9 Å². The van der Waals surface area contributed by atoms with E-state index in [-0.39, 0.29) is 5.41 Å². The number of benzene rings is 1. The lowest BCUT2D eigenvalue weighted by Gasteiger charge is -2.40. The molecule has 196 valence electrons. The summed E-state index contributed by atoms with van der Waals surface area (Å²) in [5.41, 5.74) is 17.6. The highest BCUT2D eigenvalue weighted by molar-refractivity contribution is 7.88. The molecule has 10 nitrogen and oxygen atoms in total. The number of anilines is 2. The van der Waals surface area contributed by atoms with Crippen LogP contribution < -0.4 is 26.0 Å². The number of nitrogens with two attached hydrogens (primary N) is 2. The van der Waals surface area contributed by atoms with Gasteiger partial charge < -0.3 is 26.0 Å². The molecule has 0 amide bonds. The van der Waals surface area contributed by atoms with Crippen LogP contribution in [-0.2, 0) is 10.0 Å². The van der Waals surface area contributed by atoms with E-state index >= 15 is 0 Å². The Labute approximate surface area is 214 Å². The number of piperazine rings is 1. The Balaban J connectivity index is 1.69. The summed E-state index contributed by atoms with van der Waals surface area (Å²) in [4.78, 5) is 10.5. The molecule has 3 aliphatic heterocycles. The van der Waals surface area contributed by atoms with Gasteiger partial charge in [-0.3, -0.25) is 4.90 Å². The third kappa shape index (κ3) is 5.03. The summed E-state index contributed by atoms with van der Waals surface area (Å²) in [5, 5.41) is 0. The van der Waals surface area contributed by atoms with Crippen molar-refractivity contribution in [2.75, 3.05) is 55.9 Å². The summed E-state index contributed by atoms with van der Waals surface area (Å²) in [5.74, 6) is 1.52. The second-order valence-corrected chi connectivity index (χ2v) is 12.6. The Bertz CT molecular complexity index is 1270. The molecular formula is C25H37N7O3S. The molecule has 0 aliphatic carbocycles. The zero-order valence-electron chi connectivity index (χ0n) is 21.9. The molecule has 0 spiro atoms. The van der Waals surface area contributed by atoms with Crippen LogP contribution in [0.4, 0.5) is 11.4 Å². The van der Waals surface area contributed by atoms with Crippen molar-refractivity contribution in [1.82, 2.24) is 9.21 Å². The van der Waals surface area contributed by atoms with E-state index in [0.29, 0.717) is 43.7 Å². The van der Waals surface area contributed by atoms with Gasteiger partial charge in [0.1, 0.15) is 11.6 Å². The average molecular weight is 516 g/mol. The molecule has 3 aliphatic rings. The minimum atomic E-state index is -3.19. The fraction of sp³-hybridized carbons (Fsp3) is 0.480. The molecular weight excluding hydrogens is 478 g/mol. The van der Waals surface area contributed by atoms with Crippen molar-refractivity contribution >= 4 is 27.4 Å². The quantitative estimate of drug-likeness (QED) is 0.612. The van der Waals surface area contributed by atoms with E-state index in [1.165, 1.54) is 10.6 Å². The number of hydrogen-bond acceptors (Lipinski definition) is 9. The maximum absolute atomic E-state index is 11.9. The zero-order chi connectivity index (χ0) is 26.4. The molecule has 0 saturated carbocycles. The van der Waals surface area contributed by atoms with E-state index in [9.17, 15) is 8.42 Å². The van der Waals surface area contributed by atoms with Crippen LogP contribution in [0.3, 0.4) is 0 Å². The highest BCUT2D eigenvalue weighted by Crippen LogP contribution is 2.41. The molecule has 4 N–H and O–H groups in total. The molecule has 0 radical (unpaired) electrons. The summed E-state index contributed by atoms with van der Waals surface area (Å²) < 4.78 is 31.1. The first-order valence-corrected chi connectivity index (χ1v) is 13.8. The predicted molar refractivity (Wildman–Crippen MR) is 145 cm³/mol. The number of methoxy groups -OCH3 is 1. The van der Waals surface area contributed by atoms with Crippen LogP contribution in [0.5, 0.6) is 5.75 Å². The normalized spacial score (nSPS) is 19.6. The van der Waals surface area contributed by atoms with Gasteiger partial charge in [0, 0.05) is 61.9 Å². The molecule has 0 atom stereocenters. The maximum atomic E-state index is 11.9. The maximum Gasteiger partial charge on any atom is 0.211 e. The smallest absolute Gasteiger partial charge is 0.211 e. The highest BCUT2D eigenvalue weighted by Gasteiger charge is 2.34. The van der Waals surface area contributed by atoms with Crippen molar-refractivity contribution in [2.24, 2.45) is 21.9 Å². The number of guanidine groups is 1. The van der Waals surface area contributed by atoms with Crippen molar-refractivity contribution in [3.05, 3.63) is 53.3 Å². The summed E-state index contributed by atoms with van der Waals surface area (Å²) in [6, 6.07) is 5.89. The summed E-state index contributed by atoms with van der Waals surface area (Å²) >= 11 is 0. The topological polar surface area (TPSA) is 121 Å². The zero-order valence-corrected chi connectivity index (χ0v) is 22.8. The van der Waals surface area contributed by atoms with E-state index in [1.54, 1.807) is 13.3 Å². The third-order valence-electron chi connectivity index (χ3n) is 6.50. The molecule has 1 aromatic carbocycles. The largest absolute Gasteiger partial charge is 0.494 e. The standard InChI is InChI=1S/C25H37N7O3S/c1-17-13-18-15-28-24(27)32(22(18)23(26)31(17)16-25(2,3)4)20-8-7-19(14-21(20)35-5)29-9-11-30(12-10-29)36(6,33)34/h7-8,13-15H,9-12,16,26H2,1-6H3,(H2,27,28). The van der Waals surface area contributed by atoms with E-state index in [2.05, 4.69) is 41.6 Å². The second kappa shape index (κ2) is 9.36. The van der Waals surface area contributed by atoms with Gasteiger partial charge in [0.05, 0.1) is 24.7 Å². The van der Waals surface area contributed by atoms with Crippen molar-refractivity contribution in [2.45, 2.75) is 27.7 Å². The first kappa shape index (κ1) is 25.9. The monoisotopic (exact) mass is 515 g/mol. The van der Waals surface area contributed by atoms with Crippen LogP contribution >= 0.6 is 0 Å². The third-order valence-corrected chi connectivity index (χ3v) is 7.80.